The molecule has 0 atom stereocenters. The van der Waals surface area contributed by atoms with E-state index in [1.807, 2.05) is 5.38 Å². The van der Waals surface area contributed by atoms with Crippen LogP contribution in [0.5, 0.6) is 5.75 Å². The van der Waals surface area contributed by atoms with Gasteiger partial charge in [-0.25, -0.2) is 0 Å². The SMILES string of the molecule is C=Cc1cc(O)cc2scc(CC(=O)O)c12. The number of carboxylic acid groups (broad SMARTS) is 1. The second-order valence-corrected chi connectivity index (χ2v) is 4.35. The van der Waals surface area contributed by atoms with Crippen LogP contribution in [0.4, 0.5) is 0 Å². The van der Waals surface area contributed by atoms with E-state index in [1.54, 1.807) is 18.2 Å². The average molecular weight is 234 g/mol. The van der Waals surface area contributed by atoms with Crippen molar-refractivity contribution in [3.8, 4) is 5.75 Å². The molecule has 0 aliphatic heterocycles. The highest BCUT2D eigenvalue weighted by molar-refractivity contribution is 7.17. The predicted molar refractivity (Wildman–Crippen MR) is 64.9 cm³/mol. The molecule has 0 radical (unpaired) electrons. The highest BCUT2D eigenvalue weighted by Gasteiger charge is 2.11. The lowest BCUT2D eigenvalue weighted by molar-refractivity contribution is -0.136. The maximum Gasteiger partial charge on any atom is 0.307 e. The second-order valence-electron chi connectivity index (χ2n) is 3.44. The monoisotopic (exact) mass is 234 g/mol. The van der Waals surface area contributed by atoms with Crippen LogP contribution in [0.25, 0.3) is 16.2 Å². The van der Waals surface area contributed by atoms with Crippen LogP contribution in [-0.4, -0.2) is 16.2 Å². The highest BCUT2D eigenvalue weighted by Crippen LogP contribution is 2.33. The third-order valence-electron chi connectivity index (χ3n) is 2.33. The Morgan fingerprint density at radius 2 is 2.25 bits per heavy atom. The molecule has 1 aromatic heterocycles. The van der Waals surface area contributed by atoms with Crippen LogP contribution in [0.2, 0.25) is 0 Å². The lowest BCUT2D eigenvalue weighted by atomic mass is 10.0. The van der Waals surface area contributed by atoms with E-state index in [0.717, 1.165) is 21.2 Å². The van der Waals surface area contributed by atoms with Crippen LogP contribution >= 0.6 is 11.3 Å². The molecule has 1 heterocycles. The number of phenolic OH excluding ortho intramolecular Hbond substituents is 1. The normalized spacial score (nSPS) is 10.5. The van der Waals surface area contributed by atoms with Gasteiger partial charge in [0.1, 0.15) is 5.75 Å². The molecule has 0 aliphatic carbocycles. The van der Waals surface area contributed by atoms with E-state index >= 15 is 0 Å². The molecule has 0 aliphatic rings. The number of aromatic hydroxyl groups is 1. The Morgan fingerprint density at radius 3 is 2.88 bits per heavy atom. The smallest absolute Gasteiger partial charge is 0.307 e. The molecule has 3 nitrogen and oxygen atoms in total. The van der Waals surface area contributed by atoms with E-state index in [-0.39, 0.29) is 12.2 Å². The summed E-state index contributed by atoms with van der Waals surface area (Å²) in [7, 11) is 0. The molecule has 0 bridgehead atoms. The van der Waals surface area contributed by atoms with Gasteiger partial charge in [-0.2, -0.15) is 0 Å². The molecule has 0 unspecified atom stereocenters. The summed E-state index contributed by atoms with van der Waals surface area (Å²) in [6.07, 6.45) is 1.62. The summed E-state index contributed by atoms with van der Waals surface area (Å²) in [6, 6.07) is 3.23. The van der Waals surface area contributed by atoms with E-state index in [1.165, 1.54) is 11.3 Å². The van der Waals surface area contributed by atoms with Gasteiger partial charge in [0.25, 0.3) is 0 Å². The molecule has 0 saturated heterocycles. The Morgan fingerprint density at radius 1 is 1.50 bits per heavy atom. The van der Waals surface area contributed by atoms with Gasteiger partial charge < -0.3 is 10.2 Å². The molecule has 2 aromatic rings. The molecular formula is C12H10O3S. The first-order chi connectivity index (χ1) is 7.61. The van der Waals surface area contributed by atoms with Crippen molar-refractivity contribution in [3.63, 3.8) is 0 Å². The van der Waals surface area contributed by atoms with Crippen LogP contribution in [-0.2, 0) is 11.2 Å². The van der Waals surface area contributed by atoms with Gasteiger partial charge in [0, 0.05) is 10.1 Å². The number of hydrogen-bond acceptors (Lipinski definition) is 3. The molecule has 82 valence electrons. The summed E-state index contributed by atoms with van der Waals surface area (Å²) in [6.45, 7) is 3.67. The number of rotatable bonds is 3. The molecule has 0 fully saturated rings. The summed E-state index contributed by atoms with van der Waals surface area (Å²) < 4.78 is 0.881. The number of fused-ring (bicyclic) bond motifs is 1. The van der Waals surface area contributed by atoms with Crippen molar-refractivity contribution in [3.05, 3.63) is 35.2 Å². The molecule has 2 N–H and O–H groups in total. The molecule has 0 spiro atoms. The summed E-state index contributed by atoms with van der Waals surface area (Å²) in [5, 5.41) is 21.0. The molecule has 0 amide bonds. The Kier molecular flexibility index (Phi) is 2.66. The van der Waals surface area contributed by atoms with Crippen molar-refractivity contribution in [2.24, 2.45) is 0 Å². The number of hydrogen-bond donors (Lipinski definition) is 2. The Hall–Kier alpha value is -1.81. The van der Waals surface area contributed by atoms with Crippen LogP contribution in [0.1, 0.15) is 11.1 Å². The Bertz CT molecular complexity index is 569. The van der Waals surface area contributed by atoms with Crippen molar-refractivity contribution in [2.75, 3.05) is 0 Å². The minimum Gasteiger partial charge on any atom is -0.508 e. The van der Waals surface area contributed by atoms with E-state index in [9.17, 15) is 9.90 Å². The van der Waals surface area contributed by atoms with Gasteiger partial charge in [-0.05, 0) is 28.6 Å². The number of phenols is 1. The van der Waals surface area contributed by atoms with E-state index in [2.05, 4.69) is 6.58 Å². The molecule has 0 saturated carbocycles. The van der Waals surface area contributed by atoms with Crippen LogP contribution < -0.4 is 0 Å². The number of benzene rings is 1. The molecule has 16 heavy (non-hydrogen) atoms. The molecular weight excluding hydrogens is 224 g/mol. The van der Waals surface area contributed by atoms with Crippen molar-refractivity contribution in [2.45, 2.75) is 6.42 Å². The van der Waals surface area contributed by atoms with Gasteiger partial charge in [-0.3, -0.25) is 4.79 Å². The van der Waals surface area contributed by atoms with Crippen molar-refractivity contribution >= 4 is 33.5 Å². The maximum absolute atomic E-state index is 10.7. The van der Waals surface area contributed by atoms with Gasteiger partial charge >= 0.3 is 5.97 Å². The first-order valence-corrected chi connectivity index (χ1v) is 5.57. The fourth-order valence-corrected chi connectivity index (χ4v) is 2.73. The summed E-state index contributed by atoms with van der Waals surface area (Å²) in [4.78, 5) is 10.7. The third kappa shape index (κ3) is 1.79. The molecule has 1 aromatic carbocycles. The zero-order valence-electron chi connectivity index (χ0n) is 8.43. The van der Waals surface area contributed by atoms with Crippen molar-refractivity contribution < 1.29 is 15.0 Å². The zero-order valence-corrected chi connectivity index (χ0v) is 9.25. The van der Waals surface area contributed by atoms with Gasteiger partial charge in [0.05, 0.1) is 6.42 Å². The average Bonchev–Trinajstić information content (AvgIpc) is 2.59. The topological polar surface area (TPSA) is 57.5 Å². The predicted octanol–water partition coefficient (Wildman–Crippen LogP) is 2.88. The molecule has 4 heteroatoms. The fraction of sp³-hybridized carbons (Fsp3) is 0.0833. The number of carboxylic acids is 1. The highest BCUT2D eigenvalue weighted by atomic mass is 32.1. The van der Waals surface area contributed by atoms with Crippen molar-refractivity contribution in [1.29, 1.82) is 0 Å². The quantitative estimate of drug-likeness (QED) is 0.858. The van der Waals surface area contributed by atoms with Gasteiger partial charge in [0.15, 0.2) is 0 Å². The second kappa shape index (κ2) is 3.98. The first kappa shape index (κ1) is 10.7. The summed E-state index contributed by atoms with van der Waals surface area (Å²) in [5.74, 6) is -0.686. The Balaban J connectivity index is 2.69. The lowest BCUT2D eigenvalue weighted by Gasteiger charge is -2.01. The summed E-state index contributed by atoms with van der Waals surface area (Å²) >= 11 is 1.43. The zero-order chi connectivity index (χ0) is 11.7. The first-order valence-electron chi connectivity index (χ1n) is 4.69. The largest absolute Gasteiger partial charge is 0.508 e. The van der Waals surface area contributed by atoms with Crippen molar-refractivity contribution in [1.82, 2.24) is 0 Å². The fourth-order valence-electron chi connectivity index (χ4n) is 1.71. The van der Waals surface area contributed by atoms with E-state index in [4.69, 9.17) is 5.11 Å². The van der Waals surface area contributed by atoms with Gasteiger partial charge in [-0.1, -0.05) is 12.7 Å². The maximum atomic E-state index is 10.7. The van der Waals surface area contributed by atoms with Crippen LogP contribution in [0, 0.1) is 0 Å². The van der Waals surface area contributed by atoms with Gasteiger partial charge in [-0.15, -0.1) is 11.3 Å². The number of thiophene rings is 1. The van der Waals surface area contributed by atoms with E-state index < -0.39 is 5.97 Å². The standard InChI is InChI=1S/C12H10O3S/c1-2-7-3-9(13)5-10-12(7)8(6-16-10)4-11(14)15/h2-3,5-6,13H,1,4H2,(H,14,15). The van der Waals surface area contributed by atoms with Crippen LogP contribution in [0.3, 0.4) is 0 Å². The minimum atomic E-state index is -0.859. The molecule has 2 rings (SSSR count). The lowest BCUT2D eigenvalue weighted by Crippen LogP contribution is -1.99. The summed E-state index contributed by atoms with van der Waals surface area (Å²) in [5.41, 5.74) is 1.54. The number of carbonyl (C=O) groups is 1. The number of aliphatic carboxylic acids is 1. The Labute approximate surface area is 96.3 Å². The van der Waals surface area contributed by atoms with Gasteiger partial charge in [0.2, 0.25) is 0 Å². The third-order valence-corrected chi connectivity index (χ3v) is 3.31. The van der Waals surface area contributed by atoms with Crippen LogP contribution in [0.15, 0.2) is 24.1 Å². The van der Waals surface area contributed by atoms with E-state index in [0.29, 0.717) is 0 Å². The minimum absolute atomic E-state index is 0.00832.